The van der Waals surface area contributed by atoms with Crippen LogP contribution in [0.3, 0.4) is 0 Å². The number of rotatable bonds is 5. The summed E-state index contributed by atoms with van der Waals surface area (Å²) in [7, 11) is -3.72. The summed E-state index contributed by atoms with van der Waals surface area (Å²) in [4.78, 5) is -0.0489. The fourth-order valence-electron chi connectivity index (χ4n) is 1.99. The third-order valence-corrected chi connectivity index (χ3v) is 5.52. The fourth-order valence-corrected chi connectivity index (χ4v) is 3.97. The highest BCUT2D eigenvalue weighted by Crippen LogP contribution is 2.26. The SMILES string of the molecule is CCC(C)N(CC)S(=O)(=O)c1cc(N)cc(F)c1C. The molecule has 0 saturated carbocycles. The molecule has 0 radical (unpaired) electrons. The average Bonchev–Trinajstić information content (AvgIpc) is 2.33. The zero-order chi connectivity index (χ0) is 14.8. The first-order valence-corrected chi connectivity index (χ1v) is 7.77. The normalized spacial score (nSPS) is 13.8. The number of benzene rings is 1. The Morgan fingerprint density at radius 2 is 1.95 bits per heavy atom. The predicted molar refractivity (Wildman–Crippen MR) is 74.9 cm³/mol. The van der Waals surface area contributed by atoms with Gasteiger partial charge in [0.2, 0.25) is 10.0 Å². The average molecular weight is 288 g/mol. The third kappa shape index (κ3) is 3.06. The maximum atomic E-state index is 13.7. The Morgan fingerprint density at radius 3 is 2.42 bits per heavy atom. The second-order valence-electron chi connectivity index (χ2n) is 4.59. The molecule has 0 fully saturated rings. The number of anilines is 1. The smallest absolute Gasteiger partial charge is 0.243 e. The molecule has 1 unspecified atom stereocenters. The van der Waals surface area contributed by atoms with Gasteiger partial charge < -0.3 is 5.73 Å². The summed E-state index contributed by atoms with van der Waals surface area (Å²) in [6.07, 6.45) is 0.691. The summed E-state index contributed by atoms with van der Waals surface area (Å²) in [6, 6.07) is 2.31. The molecular weight excluding hydrogens is 267 g/mol. The highest BCUT2D eigenvalue weighted by molar-refractivity contribution is 7.89. The summed E-state index contributed by atoms with van der Waals surface area (Å²) < 4.78 is 40.2. The lowest BCUT2D eigenvalue weighted by molar-refractivity contribution is 0.342. The molecule has 0 aliphatic rings. The molecule has 1 rings (SSSR count). The number of hydrogen-bond acceptors (Lipinski definition) is 3. The Kier molecular flexibility index (Phi) is 4.92. The van der Waals surface area contributed by atoms with Crippen molar-refractivity contribution in [1.29, 1.82) is 0 Å². The molecule has 1 aromatic carbocycles. The molecule has 19 heavy (non-hydrogen) atoms. The summed E-state index contributed by atoms with van der Waals surface area (Å²) >= 11 is 0. The Bertz CT molecular complexity index is 558. The molecule has 0 bridgehead atoms. The third-order valence-electron chi connectivity index (χ3n) is 3.30. The summed E-state index contributed by atoms with van der Waals surface area (Å²) in [6.45, 7) is 7.30. The van der Waals surface area contributed by atoms with Crippen LogP contribution in [-0.2, 0) is 10.0 Å². The molecule has 108 valence electrons. The Labute approximate surface area is 114 Å². The van der Waals surface area contributed by atoms with Gasteiger partial charge in [0.1, 0.15) is 5.82 Å². The second-order valence-corrected chi connectivity index (χ2v) is 6.45. The largest absolute Gasteiger partial charge is 0.399 e. The minimum absolute atomic E-state index is 0.0489. The van der Waals surface area contributed by atoms with Crippen LogP contribution in [0.1, 0.15) is 32.8 Å². The zero-order valence-corrected chi connectivity index (χ0v) is 12.6. The van der Waals surface area contributed by atoms with E-state index in [1.165, 1.54) is 17.3 Å². The highest BCUT2D eigenvalue weighted by Gasteiger charge is 2.29. The number of nitrogens with two attached hydrogens (primary N) is 1. The number of hydrogen-bond donors (Lipinski definition) is 1. The molecule has 0 aliphatic heterocycles. The monoisotopic (exact) mass is 288 g/mol. The van der Waals surface area contributed by atoms with Crippen molar-refractivity contribution in [2.75, 3.05) is 12.3 Å². The maximum Gasteiger partial charge on any atom is 0.243 e. The molecule has 6 heteroatoms. The van der Waals surface area contributed by atoms with Crippen molar-refractivity contribution in [2.45, 2.75) is 45.1 Å². The van der Waals surface area contributed by atoms with Crippen molar-refractivity contribution in [3.05, 3.63) is 23.5 Å². The first-order valence-electron chi connectivity index (χ1n) is 6.33. The summed E-state index contributed by atoms with van der Waals surface area (Å²) in [5.41, 5.74) is 5.77. The number of nitrogens with zero attached hydrogens (tertiary/aromatic N) is 1. The first kappa shape index (κ1) is 15.9. The van der Waals surface area contributed by atoms with Crippen LogP contribution in [0, 0.1) is 12.7 Å². The molecule has 0 aromatic heterocycles. The second kappa shape index (κ2) is 5.88. The van der Waals surface area contributed by atoms with E-state index in [4.69, 9.17) is 5.73 Å². The van der Waals surface area contributed by atoms with E-state index in [0.717, 1.165) is 6.07 Å². The molecular formula is C13H21FN2O2S. The Hall–Kier alpha value is -1.14. The van der Waals surface area contributed by atoms with Crippen LogP contribution in [0.15, 0.2) is 17.0 Å². The van der Waals surface area contributed by atoms with Gasteiger partial charge in [0, 0.05) is 23.8 Å². The predicted octanol–water partition coefficient (Wildman–Crippen LogP) is 2.53. The van der Waals surface area contributed by atoms with E-state index in [2.05, 4.69) is 0 Å². The van der Waals surface area contributed by atoms with Crippen molar-refractivity contribution >= 4 is 15.7 Å². The van der Waals surface area contributed by atoms with Gasteiger partial charge in [0.05, 0.1) is 4.90 Å². The van der Waals surface area contributed by atoms with Crippen LogP contribution in [0.5, 0.6) is 0 Å². The topological polar surface area (TPSA) is 63.4 Å². The lowest BCUT2D eigenvalue weighted by atomic mass is 10.2. The van der Waals surface area contributed by atoms with Crippen molar-refractivity contribution in [2.24, 2.45) is 0 Å². The Morgan fingerprint density at radius 1 is 1.37 bits per heavy atom. The Balaban J connectivity index is 3.42. The van der Waals surface area contributed by atoms with Crippen LogP contribution in [0.2, 0.25) is 0 Å². The van der Waals surface area contributed by atoms with Gasteiger partial charge in [-0.3, -0.25) is 0 Å². The fraction of sp³-hybridized carbons (Fsp3) is 0.538. The number of sulfonamides is 1. The number of nitrogen functional groups attached to an aromatic ring is 1. The van der Waals surface area contributed by atoms with Gasteiger partial charge in [0.15, 0.2) is 0 Å². The molecule has 1 aromatic rings. The van der Waals surface area contributed by atoms with Crippen LogP contribution in [0.4, 0.5) is 10.1 Å². The number of halogens is 1. The molecule has 0 aliphatic carbocycles. The minimum atomic E-state index is -3.72. The molecule has 0 amide bonds. The van der Waals surface area contributed by atoms with Crippen molar-refractivity contribution in [1.82, 2.24) is 4.31 Å². The quantitative estimate of drug-likeness (QED) is 0.847. The highest BCUT2D eigenvalue weighted by atomic mass is 32.2. The van der Waals surface area contributed by atoms with Gasteiger partial charge in [0.25, 0.3) is 0 Å². The lowest BCUT2D eigenvalue weighted by Crippen LogP contribution is -2.38. The van der Waals surface area contributed by atoms with Crippen molar-refractivity contribution in [3.63, 3.8) is 0 Å². The van der Waals surface area contributed by atoms with Crippen molar-refractivity contribution < 1.29 is 12.8 Å². The van der Waals surface area contributed by atoms with E-state index in [0.29, 0.717) is 13.0 Å². The lowest BCUT2D eigenvalue weighted by Gasteiger charge is -2.27. The van der Waals surface area contributed by atoms with E-state index in [9.17, 15) is 12.8 Å². The summed E-state index contributed by atoms with van der Waals surface area (Å²) in [5.74, 6) is -0.598. The van der Waals surface area contributed by atoms with E-state index >= 15 is 0 Å². The van der Waals surface area contributed by atoms with E-state index in [-0.39, 0.29) is 22.2 Å². The van der Waals surface area contributed by atoms with E-state index in [1.807, 2.05) is 13.8 Å². The molecule has 2 N–H and O–H groups in total. The van der Waals surface area contributed by atoms with Gasteiger partial charge in [-0.05, 0) is 32.4 Å². The zero-order valence-electron chi connectivity index (χ0n) is 11.8. The first-order chi connectivity index (χ1) is 8.75. The molecule has 0 heterocycles. The summed E-state index contributed by atoms with van der Waals surface area (Å²) in [5, 5.41) is 0. The van der Waals surface area contributed by atoms with Gasteiger partial charge in [-0.15, -0.1) is 0 Å². The van der Waals surface area contributed by atoms with Crippen LogP contribution >= 0.6 is 0 Å². The van der Waals surface area contributed by atoms with Crippen LogP contribution in [0.25, 0.3) is 0 Å². The minimum Gasteiger partial charge on any atom is -0.399 e. The van der Waals surface area contributed by atoms with Gasteiger partial charge in [-0.25, -0.2) is 12.8 Å². The standard InChI is InChI=1S/C13H21FN2O2S/c1-5-9(3)16(6-2)19(17,18)13-8-11(15)7-12(14)10(13)4/h7-9H,5-6,15H2,1-4H3. The molecule has 4 nitrogen and oxygen atoms in total. The van der Waals surface area contributed by atoms with Gasteiger partial charge in [-0.1, -0.05) is 13.8 Å². The van der Waals surface area contributed by atoms with Crippen LogP contribution < -0.4 is 5.73 Å². The van der Waals surface area contributed by atoms with E-state index < -0.39 is 15.8 Å². The van der Waals surface area contributed by atoms with E-state index in [1.54, 1.807) is 6.92 Å². The molecule has 0 saturated heterocycles. The van der Waals surface area contributed by atoms with Crippen molar-refractivity contribution in [3.8, 4) is 0 Å². The maximum absolute atomic E-state index is 13.7. The van der Waals surface area contributed by atoms with Gasteiger partial charge in [-0.2, -0.15) is 4.31 Å². The molecule has 1 atom stereocenters. The van der Waals surface area contributed by atoms with Crippen LogP contribution in [-0.4, -0.2) is 25.3 Å². The molecule has 0 spiro atoms. The van der Waals surface area contributed by atoms with Gasteiger partial charge >= 0.3 is 0 Å².